The molecule has 1 N–H and O–H groups in total. The molecule has 1 aliphatic heterocycles. The summed E-state index contributed by atoms with van der Waals surface area (Å²) >= 11 is 0. The second kappa shape index (κ2) is 11.3. The van der Waals surface area contributed by atoms with Gasteiger partial charge in [-0.25, -0.2) is 9.78 Å². The number of hydrogen-bond donors (Lipinski definition) is 1. The molecule has 5 rings (SSSR count). The lowest BCUT2D eigenvalue weighted by atomic mass is 10.1. The summed E-state index contributed by atoms with van der Waals surface area (Å²) in [5.74, 6) is -0.323. The number of hydrogen-bond acceptors (Lipinski definition) is 8. The smallest absolute Gasteiger partial charge is 0.343 e. The maximum absolute atomic E-state index is 13.1. The number of aromatic nitrogens is 3. The number of esters is 1. The zero-order valence-electron chi connectivity index (χ0n) is 20.7. The summed E-state index contributed by atoms with van der Waals surface area (Å²) in [6.45, 7) is 6.45. The Hall–Kier alpha value is -4.08. The fourth-order valence-corrected chi connectivity index (χ4v) is 4.31. The van der Waals surface area contributed by atoms with Crippen LogP contribution in [-0.4, -0.2) is 64.9 Å². The topological polar surface area (TPSA) is 98.6 Å². The van der Waals surface area contributed by atoms with Gasteiger partial charge in [0.25, 0.3) is 0 Å². The molecular weight excluding hydrogens is 470 g/mol. The van der Waals surface area contributed by atoms with Crippen molar-refractivity contribution in [1.82, 2.24) is 19.4 Å². The van der Waals surface area contributed by atoms with E-state index < -0.39 is 11.4 Å². The van der Waals surface area contributed by atoms with Crippen molar-refractivity contribution in [2.24, 2.45) is 0 Å². The Morgan fingerprint density at radius 2 is 1.84 bits per heavy atom. The van der Waals surface area contributed by atoms with E-state index in [0.29, 0.717) is 11.6 Å². The predicted molar refractivity (Wildman–Crippen MR) is 142 cm³/mol. The molecule has 0 spiro atoms. The number of para-hydroxylation sites is 1. The van der Waals surface area contributed by atoms with E-state index in [0.717, 1.165) is 50.6 Å². The van der Waals surface area contributed by atoms with Gasteiger partial charge in [0, 0.05) is 43.4 Å². The second-order valence-electron chi connectivity index (χ2n) is 8.75. The maximum atomic E-state index is 13.1. The number of benzene rings is 2. The predicted octanol–water partition coefficient (Wildman–Crippen LogP) is 3.58. The third kappa shape index (κ3) is 5.68. The Morgan fingerprint density at radius 1 is 1.08 bits per heavy atom. The van der Waals surface area contributed by atoms with Crippen molar-refractivity contribution in [2.75, 3.05) is 44.8 Å². The van der Waals surface area contributed by atoms with E-state index in [1.165, 1.54) is 18.0 Å². The quantitative estimate of drug-likeness (QED) is 0.368. The van der Waals surface area contributed by atoms with Crippen molar-refractivity contribution in [3.8, 4) is 5.69 Å². The average Bonchev–Trinajstić information content (AvgIpc) is 2.94. The summed E-state index contributed by atoms with van der Waals surface area (Å²) in [6.07, 6.45) is 3.91. The van der Waals surface area contributed by atoms with Gasteiger partial charge >= 0.3 is 5.97 Å². The second-order valence-corrected chi connectivity index (χ2v) is 8.75. The summed E-state index contributed by atoms with van der Waals surface area (Å²) in [7, 11) is 0. The lowest BCUT2D eigenvalue weighted by Crippen LogP contribution is -2.37. The van der Waals surface area contributed by atoms with Crippen molar-refractivity contribution in [1.29, 1.82) is 0 Å². The highest BCUT2D eigenvalue weighted by Gasteiger charge is 2.19. The van der Waals surface area contributed by atoms with Gasteiger partial charge in [-0.3, -0.25) is 9.69 Å². The molecule has 0 unspecified atom stereocenters. The highest BCUT2D eigenvalue weighted by atomic mass is 16.5. The van der Waals surface area contributed by atoms with E-state index in [9.17, 15) is 9.59 Å². The molecule has 9 heteroatoms. The summed E-state index contributed by atoms with van der Waals surface area (Å²) in [6, 6.07) is 17.6. The van der Waals surface area contributed by atoms with Crippen molar-refractivity contribution in [3.05, 3.63) is 88.3 Å². The third-order valence-electron chi connectivity index (χ3n) is 6.30. The number of morpholine rings is 1. The Bertz CT molecular complexity index is 1430. The van der Waals surface area contributed by atoms with E-state index in [4.69, 9.17) is 9.47 Å². The van der Waals surface area contributed by atoms with Gasteiger partial charge in [0.05, 0.1) is 25.2 Å². The van der Waals surface area contributed by atoms with Gasteiger partial charge in [-0.05, 0) is 43.2 Å². The van der Waals surface area contributed by atoms with E-state index in [2.05, 4.69) is 32.3 Å². The first-order chi connectivity index (χ1) is 18.1. The number of pyridine rings is 1. The minimum atomic E-state index is -0.671. The first kappa shape index (κ1) is 24.6. The van der Waals surface area contributed by atoms with Crippen LogP contribution in [0, 0.1) is 0 Å². The molecule has 9 nitrogen and oxygen atoms in total. The lowest BCUT2D eigenvalue weighted by Gasteiger charge is -2.26. The van der Waals surface area contributed by atoms with Crippen LogP contribution in [0.1, 0.15) is 22.8 Å². The van der Waals surface area contributed by atoms with Crippen LogP contribution >= 0.6 is 0 Å². The molecule has 0 amide bonds. The molecule has 1 fully saturated rings. The summed E-state index contributed by atoms with van der Waals surface area (Å²) in [5.41, 5.74) is 2.72. The number of nitrogens with zero attached hydrogens (tertiary/aromatic N) is 4. The Kier molecular flexibility index (Phi) is 7.53. The highest BCUT2D eigenvalue weighted by Crippen LogP contribution is 2.20. The molecule has 4 aromatic rings. The third-order valence-corrected chi connectivity index (χ3v) is 6.30. The SMILES string of the molecule is CCOC(=O)c1cn(-c2ccccc2)c2nc(Nc3ccc(CCN4CCOCC4)cc3)ncc2c1=O. The summed E-state index contributed by atoms with van der Waals surface area (Å²) < 4.78 is 12.2. The number of anilines is 2. The van der Waals surface area contributed by atoms with E-state index >= 15 is 0 Å². The minimum Gasteiger partial charge on any atom is -0.462 e. The van der Waals surface area contributed by atoms with Gasteiger partial charge in [0.2, 0.25) is 11.4 Å². The molecule has 2 aromatic carbocycles. The number of rotatable bonds is 8. The van der Waals surface area contributed by atoms with E-state index in [1.807, 2.05) is 42.5 Å². The molecule has 0 aliphatic carbocycles. The number of carbonyl (C=O) groups excluding carboxylic acids is 1. The minimum absolute atomic E-state index is 0.0600. The molecular formula is C28H29N5O4. The Morgan fingerprint density at radius 3 is 2.57 bits per heavy atom. The molecule has 0 bridgehead atoms. The molecule has 0 atom stereocenters. The van der Waals surface area contributed by atoms with Crippen LogP contribution in [0.15, 0.2) is 71.8 Å². The van der Waals surface area contributed by atoms with Gasteiger partial charge in [0.1, 0.15) is 5.56 Å². The highest BCUT2D eigenvalue weighted by molar-refractivity contribution is 5.93. The molecule has 190 valence electrons. The number of ether oxygens (including phenoxy) is 2. The molecule has 1 aliphatic rings. The molecule has 37 heavy (non-hydrogen) atoms. The van der Waals surface area contributed by atoms with Crippen LogP contribution in [0.5, 0.6) is 0 Å². The molecule has 3 heterocycles. The normalized spacial score (nSPS) is 14.0. The maximum Gasteiger partial charge on any atom is 0.343 e. The van der Waals surface area contributed by atoms with Gasteiger partial charge < -0.3 is 19.4 Å². The number of carbonyl (C=O) groups is 1. The summed E-state index contributed by atoms with van der Waals surface area (Å²) in [4.78, 5) is 37.0. The lowest BCUT2D eigenvalue weighted by molar-refractivity contribution is 0.0384. The van der Waals surface area contributed by atoms with Crippen molar-refractivity contribution in [3.63, 3.8) is 0 Å². The fraction of sp³-hybridized carbons (Fsp3) is 0.286. The van der Waals surface area contributed by atoms with Crippen molar-refractivity contribution < 1.29 is 14.3 Å². The molecule has 1 saturated heterocycles. The van der Waals surface area contributed by atoms with E-state index in [1.54, 1.807) is 11.5 Å². The molecule has 0 saturated carbocycles. The van der Waals surface area contributed by atoms with Gasteiger partial charge in [-0.15, -0.1) is 0 Å². The Balaban J connectivity index is 1.41. The van der Waals surface area contributed by atoms with E-state index in [-0.39, 0.29) is 17.6 Å². The van der Waals surface area contributed by atoms with Gasteiger partial charge in [-0.1, -0.05) is 30.3 Å². The Labute approximate surface area is 214 Å². The van der Waals surface area contributed by atoms with Gasteiger partial charge in [-0.2, -0.15) is 4.98 Å². The monoisotopic (exact) mass is 499 g/mol. The fourth-order valence-electron chi connectivity index (χ4n) is 4.31. The molecule has 2 aromatic heterocycles. The average molecular weight is 500 g/mol. The van der Waals surface area contributed by atoms with Crippen molar-refractivity contribution in [2.45, 2.75) is 13.3 Å². The largest absolute Gasteiger partial charge is 0.462 e. The van der Waals surface area contributed by atoms with Crippen LogP contribution in [-0.2, 0) is 15.9 Å². The zero-order chi connectivity index (χ0) is 25.6. The zero-order valence-corrected chi connectivity index (χ0v) is 20.7. The molecule has 0 radical (unpaired) electrons. The van der Waals surface area contributed by atoms with Crippen LogP contribution in [0.25, 0.3) is 16.7 Å². The first-order valence-electron chi connectivity index (χ1n) is 12.4. The first-order valence-corrected chi connectivity index (χ1v) is 12.4. The number of fused-ring (bicyclic) bond motifs is 1. The standard InChI is InChI=1S/C28H29N5O4/c1-2-37-27(35)24-19-33(22-6-4-3-5-7-22)26-23(25(24)34)18-29-28(31-26)30-21-10-8-20(9-11-21)12-13-32-14-16-36-17-15-32/h3-11,18-19H,2,12-17H2,1H3,(H,29,30,31). The van der Waals surface area contributed by atoms with Gasteiger partial charge in [0.15, 0.2) is 5.65 Å². The number of nitrogens with one attached hydrogen (secondary N) is 1. The van der Waals surface area contributed by atoms with Crippen LogP contribution in [0.2, 0.25) is 0 Å². The van der Waals surface area contributed by atoms with Crippen LogP contribution in [0.4, 0.5) is 11.6 Å². The van der Waals surface area contributed by atoms with Crippen LogP contribution < -0.4 is 10.7 Å². The van der Waals surface area contributed by atoms with Crippen molar-refractivity contribution >= 4 is 28.6 Å². The summed E-state index contributed by atoms with van der Waals surface area (Å²) in [5, 5.41) is 3.46. The van der Waals surface area contributed by atoms with Crippen LogP contribution in [0.3, 0.4) is 0 Å².